The van der Waals surface area contributed by atoms with E-state index in [0.717, 1.165) is 10.1 Å². The summed E-state index contributed by atoms with van der Waals surface area (Å²) in [5.41, 5.74) is -0.531. The van der Waals surface area contributed by atoms with Crippen LogP contribution in [-0.4, -0.2) is 39.6 Å². The second-order valence-corrected chi connectivity index (χ2v) is 5.25. The van der Waals surface area contributed by atoms with E-state index >= 15 is 0 Å². The lowest BCUT2D eigenvalue weighted by molar-refractivity contribution is 0.0687. The normalized spacial score (nSPS) is 10.9. The molecule has 0 fully saturated rings. The van der Waals surface area contributed by atoms with E-state index in [2.05, 4.69) is 4.98 Å². The van der Waals surface area contributed by atoms with Gasteiger partial charge in [0.15, 0.2) is 0 Å². The van der Waals surface area contributed by atoms with E-state index in [-0.39, 0.29) is 17.8 Å². The van der Waals surface area contributed by atoms with Crippen LogP contribution >= 0.6 is 0 Å². The molecule has 0 aliphatic rings. The number of carboxylic acid groups (broad SMARTS) is 1. The molecule has 1 aromatic heterocycles. The molecule has 0 aliphatic heterocycles. The Labute approximate surface area is 126 Å². The predicted octanol–water partition coefficient (Wildman–Crippen LogP) is 0.594. The Kier molecular flexibility index (Phi) is 4.27. The van der Waals surface area contributed by atoms with Crippen LogP contribution in [0.2, 0.25) is 0 Å². The highest BCUT2D eigenvalue weighted by atomic mass is 16.4. The fourth-order valence-electron chi connectivity index (χ4n) is 2.25. The zero-order valence-corrected chi connectivity index (χ0v) is 12.6. The van der Waals surface area contributed by atoms with E-state index in [9.17, 15) is 19.5 Å². The first-order valence-corrected chi connectivity index (χ1v) is 6.65. The van der Waals surface area contributed by atoms with Crippen LogP contribution in [0.1, 0.15) is 21.6 Å². The molecule has 0 aliphatic carbocycles. The highest BCUT2D eigenvalue weighted by Gasteiger charge is 2.20. The van der Waals surface area contributed by atoms with Gasteiger partial charge in [0.2, 0.25) is 0 Å². The highest BCUT2D eigenvalue weighted by Crippen LogP contribution is 2.10. The molecule has 7 heteroatoms. The maximum atomic E-state index is 12.7. The highest BCUT2D eigenvalue weighted by molar-refractivity contribution is 5.86. The number of aromatic nitrogens is 2. The topological polar surface area (TPSA) is 95.4 Å². The van der Waals surface area contributed by atoms with Crippen molar-refractivity contribution in [2.75, 3.05) is 14.1 Å². The van der Waals surface area contributed by atoms with Crippen molar-refractivity contribution in [3.05, 3.63) is 61.9 Å². The summed E-state index contributed by atoms with van der Waals surface area (Å²) in [5, 5.41) is 9.21. The van der Waals surface area contributed by atoms with Gasteiger partial charge in [-0.15, -0.1) is 0 Å². The van der Waals surface area contributed by atoms with E-state index in [0.29, 0.717) is 5.69 Å². The van der Waals surface area contributed by atoms with Gasteiger partial charge < -0.3 is 15.0 Å². The first-order chi connectivity index (χ1) is 10.3. The molecule has 0 amide bonds. The zero-order chi connectivity index (χ0) is 16.4. The van der Waals surface area contributed by atoms with Crippen LogP contribution < -0.4 is 11.2 Å². The molecule has 0 atom stereocenters. The van der Waals surface area contributed by atoms with Crippen molar-refractivity contribution in [2.24, 2.45) is 0 Å². The number of benzene rings is 1. The minimum absolute atomic E-state index is 0.0420. The van der Waals surface area contributed by atoms with E-state index < -0.39 is 17.2 Å². The molecule has 7 nitrogen and oxygen atoms in total. The molecule has 0 radical (unpaired) electrons. The molecule has 0 saturated carbocycles. The number of aromatic amines is 1. The SMILES string of the molecule is Cc1ccccc1-n1c(=O)[nH]c(C(=O)O)c(CN(C)C)c1=O. The first-order valence-electron chi connectivity index (χ1n) is 6.65. The van der Waals surface area contributed by atoms with Gasteiger partial charge in [0, 0.05) is 6.54 Å². The molecule has 0 saturated heterocycles. The summed E-state index contributed by atoms with van der Waals surface area (Å²) in [4.78, 5) is 40.1. The lowest BCUT2D eigenvalue weighted by atomic mass is 10.1. The molecule has 2 aromatic rings. The molecule has 0 spiro atoms. The molecule has 1 aromatic carbocycles. The van der Waals surface area contributed by atoms with Crippen molar-refractivity contribution in [3.8, 4) is 5.69 Å². The Morgan fingerprint density at radius 2 is 1.91 bits per heavy atom. The van der Waals surface area contributed by atoms with Gasteiger partial charge in [-0.25, -0.2) is 14.2 Å². The fraction of sp³-hybridized carbons (Fsp3) is 0.267. The molecule has 2 rings (SSSR count). The predicted molar refractivity (Wildman–Crippen MR) is 81.7 cm³/mol. The van der Waals surface area contributed by atoms with Crippen molar-refractivity contribution in [2.45, 2.75) is 13.5 Å². The molecule has 22 heavy (non-hydrogen) atoms. The van der Waals surface area contributed by atoms with Crippen molar-refractivity contribution < 1.29 is 9.90 Å². The minimum atomic E-state index is -1.33. The van der Waals surface area contributed by atoms with Gasteiger partial charge in [-0.05, 0) is 32.6 Å². The standard InChI is InChI=1S/C15H17N3O4/c1-9-6-4-5-7-11(9)18-13(19)10(8-17(2)3)12(14(20)21)16-15(18)22/h4-7H,8H2,1-3H3,(H,16,22)(H,20,21). The van der Waals surface area contributed by atoms with Gasteiger partial charge in [0.1, 0.15) is 5.69 Å². The maximum absolute atomic E-state index is 12.7. The van der Waals surface area contributed by atoms with Crippen molar-refractivity contribution >= 4 is 5.97 Å². The number of aryl methyl sites for hydroxylation is 1. The van der Waals surface area contributed by atoms with Crippen LogP contribution in [0.3, 0.4) is 0 Å². The number of H-pyrrole nitrogens is 1. The van der Waals surface area contributed by atoms with Crippen LogP contribution in [0.15, 0.2) is 33.9 Å². The van der Waals surface area contributed by atoms with E-state index in [1.165, 1.54) is 0 Å². The van der Waals surface area contributed by atoms with Crippen LogP contribution in [0.4, 0.5) is 0 Å². The Morgan fingerprint density at radius 3 is 2.45 bits per heavy atom. The van der Waals surface area contributed by atoms with E-state index in [4.69, 9.17) is 0 Å². The Balaban J connectivity index is 2.83. The number of carbonyl (C=O) groups is 1. The van der Waals surface area contributed by atoms with Crippen LogP contribution in [-0.2, 0) is 6.54 Å². The van der Waals surface area contributed by atoms with E-state index in [1.54, 1.807) is 50.2 Å². The quantitative estimate of drug-likeness (QED) is 0.862. The van der Waals surface area contributed by atoms with Gasteiger partial charge in [-0.2, -0.15) is 0 Å². The van der Waals surface area contributed by atoms with Gasteiger partial charge in [0.05, 0.1) is 11.3 Å². The third-order valence-corrected chi connectivity index (χ3v) is 3.24. The van der Waals surface area contributed by atoms with Crippen molar-refractivity contribution in [1.29, 1.82) is 0 Å². The van der Waals surface area contributed by atoms with Crippen molar-refractivity contribution in [3.63, 3.8) is 0 Å². The molecule has 0 unspecified atom stereocenters. The minimum Gasteiger partial charge on any atom is -0.477 e. The molecular weight excluding hydrogens is 286 g/mol. The molecule has 1 heterocycles. The number of carboxylic acids is 1. The number of hydrogen-bond donors (Lipinski definition) is 2. The fourth-order valence-corrected chi connectivity index (χ4v) is 2.25. The number of nitrogens with one attached hydrogen (secondary N) is 1. The number of rotatable bonds is 4. The summed E-state index contributed by atoms with van der Waals surface area (Å²) >= 11 is 0. The average Bonchev–Trinajstić information content (AvgIpc) is 2.43. The van der Waals surface area contributed by atoms with Gasteiger partial charge in [0.25, 0.3) is 5.56 Å². The number of hydrogen-bond acceptors (Lipinski definition) is 4. The first kappa shape index (κ1) is 15.7. The average molecular weight is 303 g/mol. The summed E-state index contributed by atoms with van der Waals surface area (Å²) < 4.78 is 0.973. The van der Waals surface area contributed by atoms with Gasteiger partial charge >= 0.3 is 11.7 Å². The van der Waals surface area contributed by atoms with Gasteiger partial charge in [-0.1, -0.05) is 18.2 Å². The lowest BCUT2D eigenvalue weighted by Crippen LogP contribution is -2.40. The Morgan fingerprint density at radius 1 is 1.27 bits per heavy atom. The summed E-state index contributed by atoms with van der Waals surface area (Å²) in [5.74, 6) is -1.33. The summed E-state index contributed by atoms with van der Waals surface area (Å²) in [6.45, 7) is 1.89. The summed E-state index contributed by atoms with van der Waals surface area (Å²) in [6, 6.07) is 6.93. The molecule has 0 bridgehead atoms. The second kappa shape index (κ2) is 5.98. The molecular formula is C15H17N3O4. The number of para-hydroxylation sites is 1. The Bertz CT molecular complexity index is 833. The Hall–Kier alpha value is -2.67. The van der Waals surface area contributed by atoms with Crippen molar-refractivity contribution in [1.82, 2.24) is 14.5 Å². The lowest BCUT2D eigenvalue weighted by Gasteiger charge is -2.14. The van der Waals surface area contributed by atoms with Crippen LogP contribution in [0, 0.1) is 6.92 Å². The number of aromatic carboxylic acids is 1. The van der Waals surface area contributed by atoms with Crippen LogP contribution in [0.25, 0.3) is 5.69 Å². The zero-order valence-electron chi connectivity index (χ0n) is 12.6. The molecule has 2 N–H and O–H groups in total. The van der Waals surface area contributed by atoms with Gasteiger partial charge in [-0.3, -0.25) is 4.79 Å². The smallest absolute Gasteiger partial charge is 0.352 e. The second-order valence-electron chi connectivity index (χ2n) is 5.25. The summed E-state index contributed by atoms with van der Waals surface area (Å²) in [6.07, 6.45) is 0. The molecule has 116 valence electrons. The third-order valence-electron chi connectivity index (χ3n) is 3.24. The third kappa shape index (κ3) is 2.84. The van der Waals surface area contributed by atoms with Crippen LogP contribution in [0.5, 0.6) is 0 Å². The number of nitrogens with zero attached hydrogens (tertiary/aromatic N) is 2. The summed E-state index contributed by atoms with van der Waals surface area (Å²) in [7, 11) is 3.43. The maximum Gasteiger partial charge on any atom is 0.352 e. The van der Waals surface area contributed by atoms with E-state index in [1.807, 2.05) is 0 Å². The monoisotopic (exact) mass is 303 g/mol. The largest absolute Gasteiger partial charge is 0.477 e.